The molecule has 0 radical (unpaired) electrons. The highest BCUT2D eigenvalue weighted by Crippen LogP contribution is 2.36. The first-order valence-corrected chi connectivity index (χ1v) is 9.24. The summed E-state index contributed by atoms with van der Waals surface area (Å²) in [7, 11) is 1.34. The predicted octanol–water partition coefficient (Wildman–Crippen LogP) is 2.77. The highest BCUT2D eigenvalue weighted by Gasteiger charge is 2.38. The molecule has 1 aliphatic heterocycles. The van der Waals surface area contributed by atoms with Crippen molar-refractivity contribution in [2.75, 3.05) is 18.6 Å². The molecule has 30 heavy (non-hydrogen) atoms. The first kappa shape index (κ1) is 21.0. The third-order valence-corrected chi connectivity index (χ3v) is 4.84. The van der Waals surface area contributed by atoms with Gasteiger partial charge in [0.25, 0.3) is 5.69 Å². The summed E-state index contributed by atoms with van der Waals surface area (Å²) >= 11 is 0. The Bertz CT molecular complexity index is 990. The number of amides is 1. The van der Waals surface area contributed by atoms with Gasteiger partial charge in [0.15, 0.2) is 6.10 Å². The van der Waals surface area contributed by atoms with Crippen LogP contribution < -0.4 is 9.64 Å². The lowest BCUT2D eigenvalue weighted by Crippen LogP contribution is -2.30. The van der Waals surface area contributed by atoms with Crippen molar-refractivity contribution in [1.29, 1.82) is 0 Å². The summed E-state index contributed by atoms with van der Waals surface area (Å²) in [5.41, 5.74) is 0.584. The molecule has 0 aromatic heterocycles. The number of esters is 1. The number of rotatable bonds is 7. The van der Waals surface area contributed by atoms with Crippen LogP contribution in [0, 0.1) is 16.0 Å². The second-order valence-electron chi connectivity index (χ2n) is 6.83. The number of anilines is 1. The topological polar surface area (TPSA) is 116 Å². The third kappa shape index (κ3) is 4.29. The van der Waals surface area contributed by atoms with Gasteiger partial charge >= 0.3 is 5.97 Å². The summed E-state index contributed by atoms with van der Waals surface area (Å²) in [4.78, 5) is 49.1. The zero-order valence-electron chi connectivity index (χ0n) is 16.4. The van der Waals surface area contributed by atoms with Crippen molar-refractivity contribution in [2.45, 2.75) is 19.4 Å². The summed E-state index contributed by atoms with van der Waals surface area (Å²) in [6, 6.07) is 12.4. The van der Waals surface area contributed by atoms with Crippen molar-refractivity contribution in [3.63, 3.8) is 0 Å². The molecule has 9 nitrogen and oxygen atoms in total. The molecule has 0 aliphatic carbocycles. The Morgan fingerprint density at radius 1 is 1.20 bits per heavy atom. The fourth-order valence-electron chi connectivity index (χ4n) is 3.26. The Kier molecular flexibility index (Phi) is 6.10. The Balaban J connectivity index is 1.70. The van der Waals surface area contributed by atoms with Crippen LogP contribution in [-0.4, -0.2) is 42.3 Å². The molecule has 2 atom stereocenters. The molecule has 1 fully saturated rings. The molecule has 3 rings (SSSR count). The van der Waals surface area contributed by atoms with Gasteiger partial charge in [-0.05, 0) is 13.0 Å². The minimum atomic E-state index is -0.988. The van der Waals surface area contributed by atoms with E-state index in [4.69, 9.17) is 9.47 Å². The number of methoxy groups -OCH3 is 1. The summed E-state index contributed by atoms with van der Waals surface area (Å²) in [5.74, 6) is -1.93. The maximum absolute atomic E-state index is 12.5. The maximum Gasteiger partial charge on any atom is 0.312 e. The monoisotopic (exact) mass is 412 g/mol. The average molecular weight is 412 g/mol. The van der Waals surface area contributed by atoms with Gasteiger partial charge in [0.05, 0.1) is 29.7 Å². The van der Waals surface area contributed by atoms with Gasteiger partial charge in [-0.3, -0.25) is 24.5 Å². The number of nitro benzene ring substituents is 1. The van der Waals surface area contributed by atoms with Gasteiger partial charge in [0.2, 0.25) is 11.7 Å². The van der Waals surface area contributed by atoms with E-state index >= 15 is 0 Å². The number of non-ortho nitro benzene ring substituents is 1. The minimum absolute atomic E-state index is 0.0259. The zero-order valence-corrected chi connectivity index (χ0v) is 16.4. The lowest BCUT2D eigenvalue weighted by molar-refractivity contribution is -0.384. The Morgan fingerprint density at radius 2 is 1.90 bits per heavy atom. The maximum atomic E-state index is 12.5. The van der Waals surface area contributed by atoms with E-state index in [0.717, 1.165) is 0 Å². The number of ether oxygens (including phenoxy) is 2. The first-order valence-electron chi connectivity index (χ1n) is 9.24. The largest absolute Gasteiger partial charge is 0.494 e. The van der Waals surface area contributed by atoms with E-state index in [1.54, 1.807) is 30.3 Å². The molecular weight excluding hydrogens is 392 g/mol. The van der Waals surface area contributed by atoms with Gasteiger partial charge in [0.1, 0.15) is 5.75 Å². The molecule has 1 amide bonds. The molecule has 1 heterocycles. The van der Waals surface area contributed by atoms with Gasteiger partial charge < -0.3 is 14.4 Å². The number of Topliss-reactive ketones (excluding diaryl/α,β-unsaturated/α-hetero) is 1. The normalized spacial score (nSPS) is 16.8. The quantitative estimate of drug-likeness (QED) is 0.297. The van der Waals surface area contributed by atoms with E-state index < -0.39 is 22.9 Å². The van der Waals surface area contributed by atoms with Crippen molar-refractivity contribution in [2.24, 2.45) is 5.92 Å². The van der Waals surface area contributed by atoms with E-state index in [1.165, 1.54) is 37.1 Å². The smallest absolute Gasteiger partial charge is 0.312 e. The van der Waals surface area contributed by atoms with Crippen molar-refractivity contribution in [1.82, 2.24) is 0 Å². The van der Waals surface area contributed by atoms with E-state index in [-0.39, 0.29) is 36.1 Å². The van der Waals surface area contributed by atoms with Crippen LogP contribution in [-0.2, 0) is 14.3 Å². The van der Waals surface area contributed by atoms with Gasteiger partial charge in [-0.2, -0.15) is 0 Å². The van der Waals surface area contributed by atoms with Crippen LogP contribution in [0.3, 0.4) is 0 Å². The van der Waals surface area contributed by atoms with E-state index in [9.17, 15) is 24.5 Å². The Morgan fingerprint density at radius 3 is 2.53 bits per heavy atom. The molecule has 1 aliphatic rings. The molecule has 0 saturated carbocycles. The number of hydrogen-bond donors (Lipinski definition) is 0. The summed E-state index contributed by atoms with van der Waals surface area (Å²) in [6.45, 7) is 1.51. The molecule has 2 aromatic rings. The first-order chi connectivity index (χ1) is 14.3. The highest BCUT2D eigenvalue weighted by molar-refractivity contribution is 6.02. The second-order valence-corrected chi connectivity index (χ2v) is 6.83. The molecule has 0 N–H and O–H groups in total. The summed E-state index contributed by atoms with van der Waals surface area (Å²) < 4.78 is 10.5. The van der Waals surface area contributed by atoms with Crippen LogP contribution in [0.25, 0.3) is 0 Å². The molecule has 2 aromatic carbocycles. The van der Waals surface area contributed by atoms with Crippen molar-refractivity contribution >= 4 is 29.0 Å². The number of nitro groups is 1. The molecule has 0 spiro atoms. The number of hydrogen-bond acceptors (Lipinski definition) is 7. The molecule has 0 unspecified atom stereocenters. The Hall–Kier alpha value is -3.75. The van der Waals surface area contributed by atoms with E-state index in [0.29, 0.717) is 11.3 Å². The summed E-state index contributed by atoms with van der Waals surface area (Å²) in [6.07, 6.45) is -1.08. The van der Waals surface area contributed by atoms with Gasteiger partial charge in [-0.15, -0.1) is 0 Å². The highest BCUT2D eigenvalue weighted by atomic mass is 16.6. The van der Waals surface area contributed by atoms with E-state index in [2.05, 4.69) is 0 Å². The van der Waals surface area contributed by atoms with Crippen LogP contribution in [0.5, 0.6) is 5.75 Å². The standard InChI is InChI=1S/C21H20N2O7/c1-13(20(25)14-6-4-3-5-7-14)30-21(26)15-10-19(24)22(12-15)17-9-8-16(23(27)28)11-18(17)29-2/h3-9,11,13,15H,10,12H2,1-2H3/t13-,15+/m0/s1. The average Bonchev–Trinajstić information content (AvgIpc) is 3.14. The SMILES string of the molecule is COc1cc([N+](=O)[O-])ccc1N1C[C@H](C(=O)O[C@@H](C)C(=O)c2ccccc2)CC1=O. The molecule has 0 bridgehead atoms. The van der Waals surface area contributed by atoms with Gasteiger partial charge in [-0.1, -0.05) is 30.3 Å². The second kappa shape index (κ2) is 8.73. The number of carbonyl (C=O) groups excluding carboxylic acids is 3. The molecule has 156 valence electrons. The predicted molar refractivity (Wildman–Crippen MR) is 106 cm³/mol. The number of carbonyl (C=O) groups is 3. The van der Waals surface area contributed by atoms with Crippen LogP contribution in [0.2, 0.25) is 0 Å². The van der Waals surface area contributed by atoms with Gasteiger partial charge in [-0.25, -0.2) is 0 Å². The lowest BCUT2D eigenvalue weighted by atomic mass is 10.1. The lowest BCUT2D eigenvalue weighted by Gasteiger charge is -2.19. The number of nitrogens with zero attached hydrogens (tertiary/aromatic N) is 2. The van der Waals surface area contributed by atoms with Crippen LogP contribution in [0.1, 0.15) is 23.7 Å². The van der Waals surface area contributed by atoms with Crippen molar-refractivity contribution in [3.8, 4) is 5.75 Å². The van der Waals surface area contributed by atoms with Crippen molar-refractivity contribution < 1.29 is 28.8 Å². The van der Waals surface area contributed by atoms with Crippen LogP contribution in [0.15, 0.2) is 48.5 Å². The van der Waals surface area contributed by atoms with Crippen LogP contribution >= 0.6 is 0 Å². The van der Waals surface area contributed by atoms with Crippen LogP contribution in [0.4, 0.5) is 11.4 Å². The third-order valence-electron chi connectivity index (χ3n) is 4.84. The molecule has 9 heteroatoms. The van der Waals surface area contributed by atoms with Crippen molar-refractivity contribution in [3.05, 3.63) is 64.2 Å². The number of benzene rings is 2. The number of ketones is 1. The van der Waals surface area contributed by atoms with E-state index in [1.807, 2.05) is 0 Å². The Labute approximate surface area is 172 Å². The van der Waals surface area contributed by atoms with Gasteiger partial charge in [0, 0.05) is 24.6 Å². The zero-order chi connectivity index (χ0) is 21.8. The fraction of sp³-hybridized carbons (Fsp3) is 0.286. The fourth-order valence-corrected chi connectivity index (χ4v) is 3.26. The molecule has 1 saturated heterocycles. The molecular formula is C21H20N2O7. The minimum Gasteiger partial charge on any atom is -0.494 e. The summed E-state index contributed by atoms with van der Waals surface area (Å²) in [5, 5.41) is 10.9.